The van der Waals surface area contributed by atoms with Gasteiger partial charge in [0.1, 0.15) is 5.52 Å². The zero-order chi connectivity index (χ0) is 21.8. The number of carbonyl (C=O) groups excluding carboxylic acids is 1. The van der Waals surface area contributed by atoms with E-state index in [1.54, 1.807) is 25.1 Å². The first-order valence-corrected chi connectivity index (χ1v) is 9.59. The van der Waals surface area contributed by atoms with Crippen LogP contribution in [-0.2, 0) is 6.18 Å². The minimum Gasteiger partial charge on any atom is -0.440 e. The van der Waals surface area contributed by atoms with Crippen molar-refractivity contribution >= 4 is 22.7 Å². The number of nitrogens with one attached hydrogen (secondary N) is 1. The molecule has 0 spiro atoms. The van der Waals surface area contributed by atoms with Gasteiger partial charge in [-0.3, -0.25) is 4.79 Å². The number of nitrogens with zero attached hydrogens (tertiary/aromatic N) is 4. The standard InChI is InChI=1S/C21H16F3N5O2/c1-11-15(10-26-29(11)18-7-4-13(9-25-18)21(22,23)24)19(30)27-14-5-6-17-16(8-14)28-20(31-17)12-2-3-12/h4-10,12H,2-3H2,1H3,(H,27,30). The highest BCUT2D eigenvalue weighted by atomic mass is 19.4. The molecule has 3 heterocycles. The van der Waals surface area contributed by atoms with Crippen molar-refractivity contribution in [3.8, 4) is 5.82 Å². The average Bonchev–Trinajstić information content (AvgIpc) is 3.38. The van der Waals surface area contributed by atoms with E-state index in [1.807, 2.05) is 0 Å². The fourth-order valence-corrected chi connectivity index (χ4v) is 3.27. The van der Waals surface area contributed by atoms with E-state index in [1.165, 1.54) is 16.9 Å². The summed E-state index contributed by atoms with van der Waals surface area (Å²) in [6.45, 7) is 1.64. The van der Waals surface area contributed by atoms with E-state index in [4.69, 9.17) is 4.42 Å². The third-order valence-corrected chi connectivity index (χ3v) is 5.14. The quantitative estimate of drug-likeness (QED) is 0.502. The van der Waals surface area contributed by atoms with Crippen LogP contribution < -0.4 is 5.32 Å². The summed E-state index contributed by atoms with van der Waals surface area (Å²) >= 11 is 0. The van der Waals surface area contributed by atoms with Crippen LogP contribution in [0.4, 0.5) is 18.9 Å². The Morgan fingerprint density at radius 3 is 2.68 bits per heavy atom. The highest BCUT2D eigenvalue weighted by molar-refractivity contribution is 6.05. The number of hydrogen-bond acceptors (Lipinski definition) is 5. The molecule has 0 bridgehead atoms. The van der Waals surface area contributed by atoms with E-state index in [9.17, 15) is 18.0 Å². The molecular formula is C21H16F3N5O2. The minimum atomic E-state index is -4.47. The lowest BCUT2D eigenvalue weighted by Crippen LogP contribution is -2.13. The minimum absolute atomic E-state index is 0.182. The third kappa shape index (κ3) is 3.65. The van der Waals surface area contributed by atoms with E-state index in [2.05, 4.69) is 20.4 Å². The molecule has 1 saturated carbocycles. The Morgan fingerprint density at radius 1 is 1.19 bits per heavy atom. The molecule has 0 unspecified atom stereocenters. The number of alkyl halides is 3. The summed E-state index contributed by atoms with van der Waals surface area (Å²) < 4.78 is 45.2. The Morgan fingerprint density at radius 2 is 2.00 bits per heavy atom. The average molecular weight is 427 g/mol. The first-order chi connectivity index (χ1) is 14.8. The van der Waals surface area contributed by atoms with Gasteiger partial charge in [-0.1, -0.05) is 0 Å². The predicted octanol–water partition coefficient (Wildman–Crippen LogP) is 4.87. The van der Waals surface area contributed by atoms with Crippen LogP contribution in [0.5, 0.6) is 0 Å². The number of rotatable bonds is 4. The van der Waals surface area contributed by atoms with Gasteiger partial charge in [-0.25, -0.2) is 14.6 Å². The number of anilines is 1. The summed E-state index contributed by atoms with van der Waals surface area (Å²) in [7, 11) is 0. The van der Waals surface area contributed by atoms with Crippen LogP contribution in [-0.4, -0.2) is 25.7 Å². The van der Waals surface area contributed by atoms with E-state index in [0.29, 0.717) is 28.4 Å². The van der Waals surface area contributed by atoms with Gasteiger partial charge in [0, 0.05) is 17.8 Å². The Hall–Kier alpha value is -3.69. The molecule has 5 rings (SSSR count). The molecule has 3 aromatic heterocycles. The molecule has 0 radical (unpaired) electrons. The number of halogens is 3. The molecule has 1 aliphatic carbocycles. The lowest BCUT2D eigenvalue weighted by molar-refractivity contribution is -0.137. The molecule has 7 nitrogen and oxygen atoms in total. The van der Waals surface area contributed by atoms with Gasteiger partial charge in [-0.2, -0.15) is 18.3 Å². The molecule has 1 amide bonds. The molecular weight excluding hydrogens is 411 g/mol. The van der Waals surface area contributed by atoms with Crippen LogP contribution in [0.15, 0.2) is 47.1 Å². The fourth-order valence-electron chi connectivity index (χ4n) is 3.27. The number of pyridine rings is 1. The summed E-state index contributed by atoms with van der Waals surface area (Å²) in [5.74, 6) is 0.888. The zero-order valence-corrected chi connectivity index (χ0v) is 16.3. The molecule has 1 fully saturated rings. The third-order valence-electron chi connectivity index (χ3n) is 5.14. The van der Waals surface area contributed by atoms with Crippen LogP contribution in [0.1, 0.15) is 46.3 Å². The Kier molecular flexibility index (Phi) is 4.31. The number of fused-ring (bicyclic) bond motifs is 1. The van der Waals surface area contributed by atoms with Crippen molar-refractivity contribution in [3.63, 3.8) is 0 Å². The van der Waals surface area contributed by atoms with Crippen molar-refractivity contribution in [1.29, 1.82) is 0 Å². The summed E-state index contributed by atoms with van der Waals surface area (Å²) in [6.07, 6.45) is -0.232. The molecule has 10 heteroatoms. The molecule has 4 aromatic rings. The Balaban J connectivity index is 1.36. The first-order valence-electron chi connectivity index (χ1n) is 9.59. The molecule has 0 saturated heterocycles. The highest BCUT2D eigenvalue weighted by Crippen LogP contribution is 2.40. The lowest BCUT2D eigenvalue weighted by atomic mass is 10.2. The number of hydrogen-bond donors (Lipinski definition) is 1. The second-order valence-corrected chi connectivity index (χ2v) is 7.42. The van der Waals surface area contributed by atoms with Crippen molar-refractivity contribution < 1.29 is 22.4 Å². The largest absolute Gasteiger partial charge is 0.440 e. The molecule has 1 N–H and O–H groups in total. The van der Waals surface area contributed by atoms with Crippen LogP contribution in [0.3, 0.4) is 0 Å². The number of aromatic nitrogens is 4. The summed E-state index contributed by atoms with van der Waals surface area (Å²) in [5.41, 5.74) is 1.75. The number of carbonyl (C=O) groups is 1. The maximum absolute atomic E-state index is 12.7. The maximum atomic E-state index is 12.7. The number of benzene rings is 1. The molecule has 31 heavy (non-hydrogen) atoms. The van der Waals surface area contributed by atoms with Crippen LogP contribution >= 0.6 is 0 Å². The monoisotopic (exact) mass is 427 g/mol. The van der Waals surface area contributed by atoms with Gasteiger partial charge in [0.05, 0.1) is 23.0 Å². The van der Waals surface area contributed by atoms with Gasteiger partial charge < -0.3 is 9.73 Å². The molecule has 1 aromatic carbocycles. The van der Waals surface area contributed by atoms with Gasteiger partial charge in [0.2, 0.25) is 0 Å². The van der Waals surface area contributed by atoms with Crippen LogP contribution in [0.2, 0.25) is 0 Å². The van der Waals surface area contributed by atoms with Gasteiger partial charge in [0.15, 0.2) is 17.3 Å². The summed E-state index contributed by atoms with van der Waals surface area (Å²) in [6, 6.07) is 7.35. The van der Waals surface area contributed by atoms with Gasteiger partial charge in [-0.05, 0) is 50.1 Å². The number of amides is 1. The molecule has 158 valence electrons. The van der Waals surface area contributed by atoms with Crippen molar-refractivity contribution in [2.75, 3.05) is 5.32 Å². The van der Waals surface area contributed by atoms with E-state index >= 15 is 0 Å². The highest BCUT2D eigenvalue weighted by Gasteiger charge is 2.31. The van der Waals surface area contributed by atoms with E-state index in [0.717, 1.165) is 31.0 Å². The predicted molar refractivity (Wildman–Crippen MR) is 105 cm³/mol. The van der Waals surface area contributed by atoms with E-state index in [-0.39, 0.29) is 11.4 Å². The van der Waals surface area contributed by atoms with Crippen molar-refractivity contribution in [2.45, 2.75) is 31.9 Å². The van der Waals surface area contributed by atoms with Crippen LogP contribution in [0, 0.1) is 6.92 Å². The number of oxazole rings is 1. The Labute approximate surface area is 173 Å². The first kappa shape index (κ1) is 19.3. The zero-order valence-electron chi connectivity index (χ0n) is 16.3. The van der Waals surface area contributed by atoms with Gasteiger partial charge >= 0.3 is 6.18 Å². The summed E-state index contributed by atoms with van der Waals surface area (Å²) in [5, 5.41) is 6.90. The maximum Gasteiger partial charge on any atom is 0.417 e. The summed E-state index contributed by atoms with van der Waals surface area (Å²) in [4.78, 5) is 21.0. The van der Waals surface area contributed by atoms with Gasteiger partial charge in [0.25, 0.3) is 5.91 Å². The SMILES string of the molecule is Cc1c(C(=O)Nc2ccc3oc(C4CC4)nc3c2)cnn1-c1ccc(C(F)(F)F)cn1. The van der Waals surface area contributed by atoms with Crippen molar-refractivity contribution in [1.82, 2.24) is 19.7 Å². The molecule has 0 aliphatic heterocycles. The van der Waals surface area contributed by atoms with Gasteiger partial charge in [-0.15, -0.1) is 0 Å². The lowest BCUT2D eigenvalue weighted by Gasteiger charge is -2.08. The smallest absolute Gasteiger partial charge is 0.417 e. The van der Waals surface area contributed by atoms with Crippen LogP contribution in [0.25, 0.3) is 16.9 Å². The fraction of sp³-hybridized carbons (Fsp3) is 0.238. The topological polar surface area (TPSA) is 85.8 Å². The second-order valence-electron chi connectivity index (χ2n) is 7.42. The molecule has 1 aliphatic rings. The van der Waals surface area contributed by atoms with Crippen molar-refractivity contribution in [3.05, 3.63) is 65.4 Å². The molecule has 0 atom stereocenters. The second kappa shape index (κ2) is 6.93. The van der Waals surface area contributed by atoms with Crippen molar-refractivity contribution in [2.24, 2.45) is 0 Å². The van der Waals surface area contributed by atoms with E-state index < -0.39 is 17.6 Å². The normalized spacial score (nSPS) is 14.2. The Bertz CT molecular complexity index is 1290.